The minimum atomic E-state index is -3.37. The largest absolute Gasteiger partial charge is 0.368 e. The number of anilines is 1. The molecule has 0 fully saturated rings. The van der Waals surface area contributed by atoms with E-state index >= 15 is 0 Å². The fraction of sp³-hybridized carbons (Fsp3) is 0.688. The molecule has 0 amide bonds. The maximum absolute atomic E-state index is 12.9. The van der Waals surface area contributed by atoms with Crippen LogP contribution in [-0.2, 0) is 24.9 Å². The highest BCUT2D eigenvalue weighted by molar-refractivity contribution is 7.53. The zero-order valence-electron chi connectivity index (χ0n) is 16.3. The summed E-state index contributed by atoms with van der Waals surface area (Å²) in [6.07, 6.45) is 1.42. The second-order valence-electron chi connectivity index (χ2n) is 6.69. The van der Waals surface area contributed by atoms with Gasteiger partial charge in [0.15, 0.2) is 10.8 Å². The molecule has 0 aliphatic carbocycles. The van der Waals surface area contributed by atoms with Crippen molar-refractivity contribution in [3.8, 4) is 0 Å². The lowest BCUT2D eigenvalue weighted by molar-refractivity contribution is 0.0430. The molecule has 2 N–H and O–H groups in total. The van der Waals surface area contributed by atoms with Gasteiger partial charge in [-0.3, -0.25) is 4.57 Å². The highest BCUT2D eigenvalue weighted by Crippen LogP contribution is 2.50. The Balaban J connectivity index is 2.12. The van der Waals surface area contributed by atoms with Crippen molar-refractivity contribution in [2.24, 2.45) is 0 Å². The molecule has 2 rings (SSSR count). The van der Waals surface area contributed by atoms with E-state index in [4.69, 9.17) is 31.1 Å². The SMILES string of the molecule is CC[C@@H](Cn1cnc2c(Cl)nc(N)nc21)OCP(=O)(OC(C)C)OC(C)C. The molecule has 0 aliphatic heterocycles. The van der Waals surface area contributed by atoms with Crippen molar-refractivity contribution < 1.29 is 18.3 Å². The second-order valence-corrected chi connectivity index (χ2v) is 8.95. The van der Waals surface area contributed by atoms with Crippen LogP contribution in [0.2, 0.25) is 5.15 Å². The van der Waals surface area contributed by atoms with Gasteiger partial charge >= 0.3 is 7.60 Å². The Hall–Kier alpha value is -1.25. The van der Waals surface area contributed by atoms with Crippen molar-refractivity contribution in [2.45, 2.75) is 65.9 Å². The number of nitrogens with zero attached hydrogens (tertiary/aromatic N) is 4. The Morgan fingerprint density at radius 2 is 1.85 bits per heavy atom. The predicted octanol–water partition coefficient (Wildman–Crippen LogP) is 3.86. The van der Waals surface area contributed by atoms with Crippen molar-refractivity contribution in [2.75, 3.05) is 12.1 Å². The van der Waals surface area contributed by atoms with E-state index in [1.165, 1.54) is 0 Å². The van der Waals surface area contributed by atoms with Crippen molar-refractivity contribution in [3.05, 3.63) is 11.5 Å². The summed E-state index contributed by atoms with van der Waals surface area (Å²) in [6.45, 7) is 9.62. The first kappa shape index (κ1) is 22.0. The zero-order chi connectivity index (χ0) is 20.2. The molecule has 0 saturated carbocycles. The molecular weight excluding hydrogens is 393 g/mol. The van der Waals surface area contributed by atoms with Crippen LogP contribution in [0.15, 0.2) is 6.33 Å². The molecule has 0 saturated heterocycles. The highest BCUT2D eigenvalue weighted by atomic mass is 35.5. The summed E-state index contributed by atoms with van der Waals surface area (Å²) < 4.78 is 31.6. The van der Waals surface area contributed by atoms with Crippen LogP contribution in [0.4, 0.5) is 5.95 Å². The molecule has 0 radical (unpaired) electrons. The number of aromatic nitrogens is 4. The van der Waals surface area contributed by atoms with E-state index in [1.54, 1.807) is 38.6 Å². The Morgan fingerprint density at radius 3 is 2.41 bits per heavy atom. The average molecular weight is 420 g/mol. The predicted molar refractivity (Wildman–Crippen MR) is 105 cm³/mol. The molecule has 2 heterocycles. The lowest BCUT2D eigenvalue weighted by Crippen LogP contribution is -2.22. The zero-order valence-corrected chi connectivity index (χ0v) is 17.9. The number of halogens is 1. The molecule has 0 spiro atoms. The fourth-order valence-corrected chi connectivity index (χ4v) is 4.57. The summed E-state index contributed by atoms with van der Waals surface area (Å²) in [6, 6.07) is 0. The van der Waals surface area contributed by atoms with E-state index in [1.807, 2.05) is 6.92 Å². The minimum absolute atomic E-state index is 0.0726. The molecule has 0 bridgehead atoms. The van der Waals surface area contributed by atoms with Gasteiger partial charge in [0.05, 0.1) is 31.2 Å². The van der Waals surface area contributed by atoms with Gasteiger partial charge in [-0.05, 0) is 34.1 Å². The minimum Gasteiger partial charge on any atom is -0.368 e. The van der Waals surface area contributed by atoms with Crippen LogP contribution < -0.4 is 5.73 Å². The molecule has 11 heteroatoms. The Kier molecular flexibility index (Phi) is 7.59. The van der Waals surface area contributed by atoms with E-state index < -0.39 is 7.60 Å². The number of nitrogen functional groups attached to an aromatic ring is 1. The molecule has 0 aromatic carbocycles. The third-order valence-electron chi connectivity index (χ3n) is 3.51. The Labute approximate surface area is 164 Å². The van der Waals surface area contributed by atoms with Gasteiger partial charge in [0.1, 0.15) is 11.9 Å². The summed E-state index contributed by atoms with van der Waals surface area (Å²) >= 11 is 6.06. The van der Waals surface area contributed by atoms with Gasteiger partial charge < -0.3 is 24.1 Å². The van der Waals surface area contributed by atoms with E-state index in [2.05, 4.69) is 15.0 Å². The fourth-order valence-electron chi connectivity index (χ4n) is 2.50. The monoisotopic (exact) mass is 419 g/mol. The third-order valence-corrected chi connectivity index (χ3v) is 5.72. The lowest BCUT2D eigenvalue weighted by atomic mass is 10.3. The second kappa shape index (κ2) is 9.30. The van der Waals surface area contributed by atoms with Crippen LogP contribution in [0.25, 0.3) is 11.2 Å². The number of hydrogen-bond acceptors (Lipinski definition) is 8. The quantitative estimate of drug-likeness (QED) is 0.456. The van der Waals surface area contributed by atoms with E-state index in [0.29, 0.717) is 24.1 Å². The molecule has 0 unspecified atom stereocenters. The normalized spacial score (nSPS) is 13.8. The van der Waals surface area contributed by atoms with Crippen LogP contribution in [0, 0.1) is 0 Å². The number of nitrogens with two attached hydrogens (primary N) is 1. The maximum Gasteiger partial charge on any atom is 0.356 e. The van der Waals surface area contributed by atoms with E-state index in [9.17, 15) is 4.57 Å². The molecule has 2 aromatic heterocycles. The molecular formula is C16H27ClN5O4P. The van der Waals surface area contributed by atoms with Gasteiger partial charge in [-0.2, -0.15) is 9.97 Å². The van der Waals surface area contributed by atoms with Crippen molar-refractivity contribution in [1.82, 2.24) is 19.5 Å². The summed E-state index contributed by atoms with van der Waals surface area (Å²) in [4.78, 5) is 12.3. The van der Waals surface area contributed by atoms with Gasteiger partial charge in [-0.1, -0.05) is 18.5 Å². The van der Waals surface area contributed by atoms with Crippen LogP contribution >= 0.6 is 19.2 Å². The molecule has 152 valence electrons. The van der Waals surface area contributed by atoms with Gasteiger partial charge in [0, 0.05) is 0 Å². The molecule has 1 atom stereocenters. The number of imidazole rings is 1. The summed E-state index contributed by atoms with van der Waals surface area (Å²) in [5, 5.41) is 0.199. The standard InChI is InChI=1S/C16H27ClN5O4P/c1-6-12(24-9-27(23,25-10(2)3)26-11(4)5)7-22-8-19-13-14(17)20-16(18)21-15(13)22/h8,10-12H,6-7,9H2,1-5H3,(H2,18,20,21)/t12-/m0/s1. The number of fused-ring (bicyclic) bond motifs is 1. The number of hydrogen-bond donors (Lipinski definition) is 1. The number of rotatable bonds is 10. The molecule has 9 nitrogen and oxygen atoms in total. The van der Waals surface area contributed by atoms with Gasteiger partial charge in [-0.25, -0.2) is 4.98 Å². The third kappa shape index (κ3) is 6.12. The lowest BCUT2D eigenvalue weighted by Gasteiger charge is -2.25. The summed E-state index contributed by atoms with van der Waals surface area (Å²) in [7, 11) is -3.37. The first-order valence-corrected chi connectivity index (χ1v) is 11.0. The van der Waals surface area contributed by atoms with Crippen LogP contribution in [-0.4, -0.2) is 44.2 Å². The van der Waals surface area contributed by atoms with Crippen molar-refractivity contribution in [3.63, 3.8) is 0 Å². The van der Waals surface area contributed by atoms with Crippen LogP contribution in [0.3, 0.4) is 0 Å². The van der Waals surface area contributed by atoms with Crippen molar-refractivity contribution >= 4 is 36.3 Å². The average Bonchev–Trinajstić information content (AvgIpc) is 2.92. The van der Waals surface area contributed by atoms with Gasteiger partial charge in [0.25, 0.3) is 0 Å². The van der Waals surface area contributed by atoms with Gasteiger partial charge in [-0.15, -0.1) is 0 Å². The van der Waals surface area contributed by atoms with E-state index in [-0.39, 0.29) is 35.8 Å². The topological polar surface area (TPSA) is 114 Å². The van der Waals surface area contributed by atoms with E-state index in [0.717, 1.165) is 0 Å². The first-order chi connectivity index (χ1) is 12.6. The summed E-state index contributed by atoms with van der Waals surface area (Å²) in [5.41, 5.74) is 6.67. The van der Waals surface area contributed by atoms with Crippen LogP contribution in [0.5, 0.6) is 0 Å². The molecule has 0 aliphatic rings. The first-order valence-electron chi connectivity index (χ1n) is 8.84. The van der Waals surface area contributed by atoms with Crippen molar-refractivity contribution in [1.29, 1.82) is 0 Å². The summed E-state index contributed by atoms with van der Waals surface area (Å²) in [5.74, 6) is 0.0726. The maximum atomic E-state index is 12.9. The highest BCUT2D eigenvalue weighted by Gasteiger charge is 2.29. The Bertz CT molecular complexity index is 799. The van der Waals surface area contributed by atoms with Crippen LogP contribution in [0.1, 0.15) is 41.0 Å². The Morgan fingerprint density at radius 1 is 1.22 bits per heavy atom. The molecule has 27 heavy (non-hydrogen) atoms. The number of ether oxygens (including phenoxy) is 1. The smallest absolute Gasteiger partial charge is 0.356 e. The van der Waals surface area contributed by atoms with Gasteiger partial charge in [0.2, 0.25) is 5.95 Å². The molecule has 2 aromatic rings.